The summed E-state index contributed by atoms with van der Waals surface area (Å²) in [5.41, 5.74) is 4.06. The smallest absolute Gasteiger partial charge is 0.327 e. The van der Waals surface area contributed by atoms with Gasteiger partial charge in [0.1, 0.15) is 0 Å². The third kappa shape index (κ3) is 4.15. The van der Waals surface area contributed by atoms with E-state index in [1.165, 1.54) is 11.3 Å². The molecule has 2 aromatic carbocycles. The van der Waals surface area contributed by atoms with E-state index in [1.54, 1.807) is 37.3 Å². The summed E-state index contributed by atoms with van der Waals surface area (Å²) in [6, 6.07) is 16.5. The second-order valence-electron chi connectivity index (χ2n) is 8.07. The third-order valence-electron chi connectivity index (χ3n) is 5.92. The van der Waals surface area contributed by atoms with Crippen LogP contribution in [0.1, 0.15) is 30.0 Å². The lowest BCUT2D eigenvalue weighted by Gasteiger charge is -2.35. The summed E-state index contributed by atoms with van der Waals surface area (Å²) in [5, 5.41) is 9.28. The molecule has 2 amide bonds. The Kier molecular flexibility index (Phi) is 6.00. The minimum absolute atomic E-state index is 0.276. The largest absolute Gasteiger partial charge is 0.493 e. The lowest BCUT2D eigenvalue weighted by Crippen LogP contribution is -2.46. The van der Waals surface area contributed by atoms with Crippen molar-refractivity contribution in [2.75, 3.05) is 19.1 Å². The highest BCUT2D eigenvalue weighted by Gasteiger charge is 2.36. The number of allylic oxidation sites excluding steroid dienone is 1. The molecule has 0 saturated heterocycles. The van der Waals surface area contributed by atoms with E-state index >= 15 is 0 Å². The molecule has 178 valence electrons. The minimum Gasteiger partial charge on any atom is -0.493 e. The zero-order valence-electron chi connectivity index (χ0n) is 19.7. The topological polar surface area (TPSA) is 89.7 Å². The van der Waals surface area contributed by atoms with E-state index < -0.39 is 6.04 Å². The fourth-order valence-corrected chi connectivity index (χ4v) is 4.79. The molecule has 0 spiro atoms. The van der Waals surface area contributed by atoms with Gasteiger partial charge in [0, 0.05) is 11.8 Å². The van der Waals surface area contributed by atoms with E-state index in [-0.39, 0.29) is 6.03 Å². The molecule has 0 fully saturated rings. The first-order chi connectivity index (χ1) is 17.0. The quantitative estimate of drug-likeness (QED) is 0.368. The summed E-state index contributed by atoms with van der Waals surface area (Å²) in [6.07, 6.45) is 0. The van der Waals surface area contributed by atoms with E-state index in [0.717, 1.165) is 21.6 Å². The zero-order valence-corrected chi connectivity index (χ0v) is 20.6. The molecule has 1 aliphatic heterocycles. The number of amides is 2. The van der Waals surface area contributed by atoms with E-state index in [4.69, 9.17) is 14.0 Å². The van der Waals surface area contributed by atoms with Crippen molar-refractivity contribution in [3.8, 4) is 22.2 Å². The van der Waals surface area contributed by atoms with Gasteiger partial charge in [-0.2, -0.15) is 4.98 Å². The molecule has 3 heterocycles. The maximum absolute atomic E-state index is 13.4. The molecule has 2 aromatic heterocycles. The molecule has 0 saturated carbocycles. The first-order valence-electron chi connectivity index (χ1n) is 11.0. The van der Waals surface area contributed by atoms with Crippen LogP contribution in [0.4, 0.5) is 10.5 Å². The number of nitrogens with zero attached hydrogens (tertiary/aromatic N) is 3. The Labute approximate surface area is 206 Å². The number of aromatic nitrogens is 2. The van der Waals surface area contributed by atoms with Gasteiger partial charge in [-0.3, -0.25) is 4.90 Å². The Balaban J connectivity index is 1.66. The summed E-state index contributed by atoms with van der Waals surface area (Å²) in [4.78, 5) is 20.6. The highest BCUT2D eigenvalue weighted by atomic mass is 32.1. The molecule has 1 atom stereocenters. The van der Waals surface area contributed by atoms with E-state index in [0.29, 0.717) is 34.6 Å². The number of urea groups is 1. The average molecular weight is 489 g/mol. The van der Waals surface area contributed by atoms with Crippen LogP contribution in [0.3, 0.4) is 0 Å². The predicted molar refractivity (Wildman–Crippen MR) is 135 cm³/mol. The zero-order chi connectivity index (χ0) is 24.5. The van der Waals surface area contributed by atoms with Gasteiger partial charge >= 0.3 is 6.03 Å². The van der Waals surface area contributed by atoms with Gasteiger partial charge in [0.05, 0.1) is 36.4 Å². The molecule has 1 N–H and O–H groups in total. The Morgan fingerprint density at radius 3 is 2.49 bits per heavy atom. The first kappa shape index (κ1) is 22.7. The fraction of sp³-hybridized carbons (Fsp3) is 0.192. The minimum atomic E-state index is -0.462. The third-order valence-corrected chi connectivity index (χ3v) is 6.78. The molecule has 0 aliphatic carbocycles. The average Bonchev–Trinajstić information content (AvgIpc) is 3.56. The van der Waals surface area contributed by atoms with Crippen molar-refractivity contribution in [3.63, 3.8) is 0 Å². The molecule has 0 radical (unpaired) electrons. The lowest BCUT2D eigenvalue weighted by molar-refractivity contribution is 0.244. The van der Waals surface area contributed by atoms with Gasteiger partial charge < -0.3 is 19.3 Å². The Morgan fingerprint density at radius 2 is 1.80 bits per heavy atom. The number of carbonyl (C=O) groups is 1. The van der Waals surface area contributed by atoms with Crippen molar-refractivity contribution in [3.05, 3.63) is 82.7 Å². The SMILES string of the molecule is COc1ccc(N2C(=O)NC(c3ccc(C)cc3)C(c3nc(-c4cccs4)no3)=C2C)cc1OC. The van der Waals surface area contributed by atoms with Crippen molar-refractivity contribution in [1.29, 1.82) is 0 Å². The van der Waals surface area contributed by atoms with Crippen molar-refractivity contribution < 1.29 is 18.8 Å². The number of nitrogens with one attached hydrogen (secondary N) is 1. The molecule has 1 unspecified atom stereocenters. The standard InChI is InChI=1S/C26H24N4O4S/c1-15-7-9-17(10-8-15)23-22(25-28-24(29-34-25)21-6-5-13-35-21)16(2)30(26(31)27-23)18-11-12-19(32-3)20(14-18)33-4/h5-14,23H,1-4H3,(H,27,31). The molecular weight excluding hydrogens is 464 g/mol. The van der Waals surface area contributed by atoms with E-state index in [9.17, 15) is 4.79 Å². The van der Waals surface area contributed by atoms with Crippen LogP contribution >= 0.6 is 11.3 Å². The van der Waals surface area contributed by atoms with Crippen molar-refractivity contribution >= 4 is 28.6 Å². The van der Waals surface area contributed by atoms with Gasteiger partial charge in [-0.1, -0.05) is 41.1 Å². The van der Waals surface area contributed by atoms with Gasteiger partial charge in [-0.25, -0.2) is 4.79 Å². The number of anilines is 1. The highest BCUT2D eigenvalue weighted by Crippen LogP contribution is 2.41. The number of methoxy groups -OCH3 is 2. The number of carbonyl (C=O) groups excluding carboxylic acids is 1. The maximum Gasteiger partial charge on any atom is 0.327 e. The summed E-state index contributed by atoms with van der Waals surface area (Å²) >= 11 is 1.53. The summed E-state index contributed by atoms with van der Waals surface area (Å²) in [7, 11) is 3.13. The Bertz CT molecular complexity index is 1390. The molecule has 4 aromatic rings. The van der Waals surface area contributed by atoms with Crippen LogP contribution in [-0.4, -0.2) is 30.4 Å². The van der Waals surface area contributed by atoms with Gasteiger partial charge in [-0.15, -0.1) is 11.3 Å². The van der Waals surface area contributed by atoms with Crippen molar-refractivity contribution in [2.24, 2.45) is 0 Å². The summed E-state index contributed by atoms with van der Waals surface area (Å²) < 4.78 is 16.6. The van der Waals surface area contributed by atoms with E-state index in [1.807, 2.05) is 55.6 Å². The second-order valence-corrected chi connectivity index (χ2v) is 9.02. The normalized spacial score (nSPS) is 15.8. The van der Waals surface area contributed by atoms with Crippen LogP contribution in [-0.2, 0) is 0 Å². The van der Waals surface area contributed by atoms with Gasteiger partial charge in [0.2, 0.25) is 5.82 Å². The van der Waals surface area contributed by atoms with Crippen LogP contribution < -0.4 is 19.7 Å². The number of aryl methyl sites for hydroxylation is 1. The molecule has 5 rings (SSSR count). The van der Waals surface area contributed by atoms with Gasteiger partial charge in [-0.05, 0) is 43.0 Å². The maximum atomic E-state index is 13.4. The number of rotatable bonds is 6. The predicted octanol–water partition coefficient (Wildman–Crippen LogP) is 5.83. The lowest BCUT2D eigenvalue weighted by atomic mass is 9.94. The monoisotopic (exact) mass is 488 g/mol. The number of hydrogen-bond donors (Lipinski definition) is 1. The molecule has 9 heteroatoms. The summed E-state index contributed by atoms with van der Waals surface area (Å²) in [6.45, 7) is 3.90. The molecule has 8 nitrogen and oxygen atoms in total. The van der Waals surface area contributed by atoms with Crippen molar-refractivity contribution in [1.82, 2.24) is 15.5 Å². The van der Waals surface area contributed by atoms with Crippen LogP contribution in [0, 0.1) is 6.92 Å². The van der Waals surface area contributed by atoms with Gasteiger partial charge in [0.15, 0.2) is 11.5 Å². The molecule has 0 bridgehead atoms. The van der Waals surface area contributed by atoms with Crippen LogP contribution in [0.25, 0.3) is 16.3 Å². The number of hydrogen-bond acceptors (Lipinski definition) is 7. The number of ether oxygens (including phenoxy) is 2. The Morgan fingerprint density at radius 1 is 1.03 bits per heavy atom. The highest BCUT2D eigenvalue weighted by molar-refractivity contribution is 7.13. The number of benzene rings is 2. The fourth-order valence-electron chi connectivity index (χ4n) is 4.14. The number of thiophene rings is 1. The van der Waals surface area contributed by atoms with Crippen LogP contribution in [0.5, 0.6) is 11.5 Å². The Hall–Kier alpha value is -4.11. The van der Waals surface area contributed by atoms with Crippen LogP contribution in [0.2, 0.25) is 0 Å². The first-order valence-corrected chi connectivity index (χ1v) is 11.9. The molecule has 35 heavy (non-hydrogen) atoms. The van der Waals surface area contributed by atoms with Crippen molar-refractivity contribution in [2.45, 2.75) is 19.9 Å². The van der Waals surface area contributed by atoms with E-state index in [2.05, 4.69) is 15.5 Å². The van der Waals surface area contributed by atoms with Gasteiger partial charge in [0.25, 0.3) is 5.89 Å². The second kappa shape index (κ2) is 9.27. The molecule has 1 aliphatic rings. The molecular formula is C26H24N4O4S. The van der Waals surface area contributed by atoms with Crippen LogP contribution in [0.15, 0.2) is 70.2 Å². The summed E-state index contributed by atoms with van der Waals surface area (Å²) in [5.74, 6) is 1.95.